The van der Waals surface area contributed by atoms with Crippen molar-refractivity contribution in [3.8, 4) is 11.4 Å². The Hall–Kier alpha value is -2.20. The van der Waals surface area contributed by atoms with Crippen LogP contribution in [0.15, 0.2) is 42.6 Å². The van der Waals surface area contributed by atoms with Crippen LogP contribution in [0.2, 0.25) is 0 Å². The molecule has 1 aromatic carbocycles. The number of rotatable bonds is 3. The highest BCUT2D eigenvalue weighted by atomic mass is 15.1. The smallest absolute Gasteiger partial charge is 0.160 e. The van der Waals surface area contributed by atoms with Crippen molar-refractivity contribution in [2.24, 2.45) is 5.73 Å². The van der Waals surface area contributed by atoms with Crippen LogP contribution in [0, 0.1) is 0 Å². The molecule has 2 heterocycles. The fraction of sp³-hybridized carbons (Fsp3) is 0.250. The first-order valence-corrected chi connectivity index (χ1v) is 6.83. The first-order valence-electron chi connectivity index (χ1n) is 6.83. The summed E-state index contributed by atoms with van der Waals surface area (Å²) < 4.78 is 2.17. The highest BCUT2D eigenvalue weighted by Crippen LogP contribution is 2.27. The average molecular weight is 266 g/mol. The van der Waals surface area contributed by atoms with Gasteiger partial charge in [0.15, 0.2) is 5.65 Å². The molecule has 0 unspecified atom stereocenters. The molecule has 0 spiro atoms. The van der Waals surface area contributed by atoms with Crippen LogP contribution < -0.4 is 5.73 Å². The number of pyridine rings is 1. The Labute approximate surface area is 118 Å². The molecule has 0 saturated heterocycles. The summed E-state index contributed by atoms with van der Waals surface area (Å²) >= 11 is 0. The zero-order valence-electron chi connectivity index (χ0n) is 11.7. The van der Waals surface area contributed by atoms with E-state index in [-0.39, 0.29) is 0 Å². The molecule has 0 radical (unpaired) electrons. The molecule has 0 atom stereocenters. The van der Waals surface area contributed by atoms with Crippen LogP contribution in [0.5, 0.6) is 0 Å². The van der Waals surface area contributed by atoms with E-state index in [0.717, 1.165) is 28.1 Å². The largest absolute Gasteiger partial charge is 0.326 e. The molecule has 0 aliphatic rings. The van der Waals surface area contributed by atoms with Gasteiger partial charge in [0.1, 0.15) is 11.3 Å². The van der Waals surface area contributed by atoms with Gasteiger partial charge < -0.3 is 10.3 Å². The van der Waals surface area contributed by atoms with Crippen LogP contribution in [-0.2, 0) is 6.54 Å². The summed E-state index contributed by atoms with van der Waals surface area (Å²) in [5.74, 6) is 0.956. The molecule has 4 nitrogen and oxygen atoms in total. The minimum absolute atomic E-state index is 0.305. The summed E-state index contributed by atoms with van der Waals surface area (Å²) in [6.07, 6.45) is 1.81. The quantitative estimate of drug-likeness (QED) is 0.792. The minimum Gasteiger partial charge on any atom is -0.326 e. The molecule has 0 amide bonds. The number of fused-ring (bicyclic) bond motifs is 1. The molecule has 20 heavy (non-hydrogen) atoms. The maximum absolute atomic E-state index is 5.65. The Morgan fingerprint density at radius 3 is 2.55 bits per heavy atom. The topological polar surface area (TPSA) is 56.7 Å². The molecule has 2 N–H and O–H groups in total. The van der Waals surface area contributed by atoms with Crippen molar-refractivity contribution in [2.75, 3.05) is 0 Å². The van der Waals surface area contributed by atoms with Crippen molar-refractivity contribution < 1.29 is 0 Å². The van der Waals surface area contributed by atoms with Crippen molar-refractivity contribution >= 4 is 11.2 Å². The number of benzene rings is 1. The predicted molar refractivity (Wildman–Crippen MR) is 81.2 cm³/mol. The van der Waals surface area contributed by atoms with E-state index in [1.54, 1.807) is 0 Å². The molecule has 102 valence electrons. The number of nitrogens with two attached hydrogens (primary N) is 1. The van der Waals surface area contributed by atoms with Crippen LogP contribution in [0.25, 0.3) is 22.6 Å². The molecule has 3 rings (SSSR count). The van der Waals surface area contributed by atoms with Gasteiger partial charge in [0.2, 0.25) is 0 Å². The van der Waals surface area contributed by atoms with E-state index in [0.29, 0.717) is 12.6 Å². The van der Waals surface area contributed by atoms with Gasteiger partial charge in [-0.3, -0.25) is 0 Å². The third-order valence-electron chi connectivity index (χ3n) is 3.41. The van der Waals surface area contributed by atoms with Crippen LogP contribution >= 0.6 is 0 Å². The van der Waals surface area contributed by atoms with Gasteiger partial charge in [0.05, 0.1) is 0 Å². The lowest BCUT2D eigenvalue weighted by atomic mass is 10.1. The molecule has 0 fully saturated rings. The Balaban J connectivity index is 2.21. The zero-order valence-corrected chi connectivity index (χ0v) is 11.7. The molecule has 3 aromatic rings. The van der Waals surface area contributed by atoms with Crippen molar-refractivity contribution in [1.82, 2.24) is 14.5 Å². The Kier molecular flexibility index (Phi) is 3.24. The highest BCUT2D eigenvalue weighted by molar-refractivity contribution is 5.77. The maximum atomic E-state index is 5.65. The summed E-state index contributed by atoms with van der Waals surface area (Å²) in [7, 11) is 0. The summed E-state index contributed by atoms with van der Waals surface area (Å²) in [5.41, 5.74) is 9.72. The van der Waals surface area contributed by atoms with Crippen LogP contribution in [0.3, 0.4) is 0 Å². The molecule has 0 aliphatic carbocycles. The van der Waals surface area contributed by atoms with Crippen molar-refractivity contribution in [1.29, 1.82) is 0 Å². The zero-order chi connectivity index (χ0) is 14.1. The van der Waals surface area contributed by atoms with Crippen LogP contribution in [0.1, 0.15) is 25.5 Å². The van der Waals surface area contributed by atoms with Gasteiger partial charge in [-0.2, -0.15) is 0 Å². The second kappa shape index (κ2) is 5.06. The van der Waals surface area contributed by atoms with E-state index in [1.807, 2.05) is 30.5 Å². The summed E-state index contributed by atoms with van der Waals surface area (Å²) in [6, 6.07) is 12.5. The highest BCUT2D eigenvalue weighted by Gasteiger charge is 2.15. The SMILES string of the molecule is CC(C)n1c(-c2ccc(CN)cc2)nc2cccnc21. The fourth-order valence-electron chi connectivity index (χ4n) is 2.41. The standard InChI is InChI=1S/C16H18N4/c1-11(2)20-15(13-7-5-12(10-17)6-8-13)19-14-4-3-9-18-16(14)20/h3-9,11H,10,17H2,1-2H3. The maximum Gasteiger partial charge on any atom is 0.160 e. The monoisotopic (exact) mass is 266 g/mol. The lowest BCUT2D eigenvalue weighted by Gasteiger charge is -2.12. The number of hydrogen-bond donors (Lipinski definition) is 1. The molecule has 2 aromatic heterocycles. The third kappa shape index (κ3) is 2.08. The van der Waals surface area contributed by atoms with E-state index < -0.39 is 0 Å². The Morgan fingerprint density at radius 2 is 1.90 bits per heavy atom. The lowest BCUT2D eigenvalue weighted by molar-refractivity contribution is 0.619. The second-order valence-electron chi connectivity index (χ2n) is 5.15. The normalized spacial score (nSPS) is 11.4. The fourth-order valence-corrected chi connectivity index (χ4v) is 2.41. The minimum atomic E-state index is 0.305. The molecule has 0 saturated carbocycles. The summed E-state index contributed by atoms with van der Waals surface area (Å²) in [6.45, 7) is 4.85. The van der Waals surface area contributed by atoms with Gasteiger partial charge in [-0.25, -0.2) is 9.97 Å². The van der Waals surface area contributed by atoms with E-state index in [9.17, 15) is 0 Å². The first kappa shape index (κ1) is 12.8. The number of nitrogens with zero attached hydrogens (tertiary/aromatic N) is 3. The predicted octanol–water partition coefficient (Wildman–Crippen LogP) is 3.14. The average Bonchev–Trinajstić information content (AvgIpc) is 2.86. The summed E-state index contributed by atoms with van der Waals surface area (Å²) in [4.78, 5) is 9.19. The number of imidazole rings is 1. The second-order valence-corrected chi connectivity index (χ2v) is 5.15. The lowest BCUT2D eigenvalue weighted by Crippen LogP contribution is -2.04. The van der Waals surface area contributed by atoms with Gasteiger partial charge in [-0.1, -0.05) is 24.3 Å². The van der Waals surface area contributed by atoms with Crippen LogP contribution in [-0.4, -0.2) is 14.5 Å². The van der Waals surface area contributed by atoms with E-state index in [2.05, 4.69) is 35.5 Å². The number of aromatic nitrogens is 3. The molecule has 0 aliphatic heterocycles. The van der Waals surface area contributed by atoms with Crippen molar-refractivity contribution in [3.05, 3.63) is 48.2 Å². The number of hydrogen-bond acceptors (Lipinski definition) is 3. The molecule has 0 bridgehead atoms. The van der Waals surface area contributed by atoms with E-state index >= 15 is 0 Å². The first-order chi connectivity index (χ1) is 9.70. The van der Waals surface area contributed by atoms with Gasteiger partial charge >= 0.3 is 0 Å². The Morgan fingerprint density at radius 1 is 1.15 bits per heavy atom. The molecule has 4 heteroatoms. The Bertz CT molecular complexity index is 726. The molecular formula is C16H18N4. The van der Waals surface area contributed by atoms with E-state index in [1.165, 1.54) is 0 Å². The van der Waals surface area contributed by atoms with Gasteiger partial charge in [0, 0.05) is 24.3 Å². The van der Waals surface area contributed by atoms with Crippen molar-refractivity contribution in [2.45, 2.75) is 26.4 Å². The van der Waals surface area contributed by atoms with Gasteiger partial charge in [-0.15, -0.1) is 0 Å². The van der Waals surface area contributed by atoms with Gasteiger partial charge in [0.25, 0.3) is 0 Å². The third-order valence-corrected chi connectivity index (χ3v) is 3.41. The van der Waals surface area contributed by atoms with E-state index in [4.69, 9.17) is 10.7 Å². The van der Waals surface area contributed by atoms with Crippen molar-refractivity contribution in [3.63, 3.8) is 0 Å². The molecular weight excluding hydrogens is 248 g/mol. The summed E-state index contributed by atoms with van der Waals surface area (Å²) in [5, 5.41) is 0. The van der Waals surface area contributed by atoms with Gasteiger partial charge in [-0.05, 0) is 31.5 Å². The van der Waals surface area contributed by atoms with Crippen LogP contribution in [0.4, 0.5) is 0 Å².